The average Bonchev–Trinajstić information content (AvgIpc) is 3.11. The van der Waals surface area contributed by atoms with Gasteiger partial charge in [-0.2, -0.15) is 0 Å². The van der Waals surface area contributed by atoms with E-state index in [4.69, 9.17) is 15.2 Å². The summed E-state index contributed by atoms with van der Waals surface area (Å²) < 4.78 is 12.3. The predicted molar refractivity (Wildman–Crippen MR) is 107 cm³/mol. The molecule has 2 N–H and O–H groups in total. The van der Waals surface area contributed by atoms with E-state index in [9.17, 15) is 9.59 Å². The van der Waals surface area contributed by atoms with Crippen LogP contribution in [0.15, 0.2) is 34.1 Å². The standard InChI is InChI=1S/C19H21BrN2O4S/c1-25-16-9-12(19(24)22-8-2-3-13(10-22)18(21)23)4-6-15(16)26-11-14-5-7-17(20)27-14/h4-7,9,13H,2-3,8,10-11H2,1H3,(H2,21,23). The average molecular weight is 453 g/mol. The van der Waals surface area contributed by atoms with Crippen molar-refractivity contribution in [3.63, 3.8) is 0 Å². The Labute approximate surface area is 170 Å². The van der Waals surface area contributed by atoms with Gasteiger partial charge in [0.05, 0.1) is 16.8 Å². The number of primary amides is 1. The molecule has 1 aromatic carbocycles. The molecule has 0 aliphatic carbocycles. The Morgan fingerprint density at radius 1 is 1.30 bits per heavy atom. The van der Waals surface area contributed by atoms with E-state index >= 15 is 0 Å². The number of nitrogens with zero attached hydrogens (tertiary/aromatic N) is 1. The number of piperidine rings is 1. The highest BCUT2D eigenvalue weighted by Crippen LogP contribution is 2.31. The van der Waals surface area contributed by atoms with Gasteiger partial charge >= 0.3 is 0 Å². The molecule has 144 valence electrons. The Hall–Kier alpha value is -2.06. The summed E-state index contributed by atoms with van der Waals surface area (Å²) in [7, 11) is 1.54. The normalized spacial score (nSPS) is 16.8. The first-order valence-corrected chi connectivity index (χ1v) is 10.2. The van der Waals surface area contributed by atoms with Crippen LogP contribution in [0, 0.1) is 5.92 Å². The van der Waals surface area contributed by atoms with Crippen LogP contribution in [-0.4, -0.2) is 36.9 Å². The van der Waals surface area contributed by atoms with Crippen molar-refractivity contribution in [2.24, 2.45) is 11.7 Å². The highest BCUT2D eigenvalue weighted by molar-refractivity contribution is 9.11. The predicted octanol–water partition coefficient (Wildman–Crippen LogP) is 3.44. The third-order valence-corrected chi connectivity index (χ3v) is 6.12. The Kier molecular flexibility index (Phi) is 6.38. The molecule has 1 aliphatic rings. The maximum absolute atomic E-state index is 12.8. The van der Waals surface area contributed by atoms with Gasteiger partial charge in [-0.05, 0) is 59.1 Å². The molecular weight excluding hydrogens is 432 g/mol. The molecular formula is C19H21BrN2O4S. The van der Waals surface area contributed by atoms with Crippen LogP contribution >= 0.6 is 27.3 Å². The molecule has 0 bridgehead atoms. The minimum absolute atomic E-state index is 0.131. The molecule has 0 spiro atoms. The summed E-state index contributed by atoms with van der Waals surface area (Å²) in [4.78, 5) is 27.0. The summed E-state index contributed by atoms with van der Waals surface area (Å²) in [5, 5.41) is 0. The molecule has 2 aromatic rings. The van der Waals surface area contributed by atoms with Crippen LogP contribution in [0.2, 0.25) is 0 Å². The van der Waals surface area contributed by atoms with E-state index in [-0.39, 0.29) is 17.7 Å². The summed E-state index contributed by atoms with van der Waals surface area (Å²) in [6.45, 7) is 1.41. The number of amides is 2. The maximum atomic E-state index is 12.8. The lowest BCUT2D eigenvalue weighted by atomic mass is 9.97. The number of carbonyl (C=O) groups excluding carboxylic acids is 2. The van der Waals surface area contributed by atoms with Crippen LogP contribution in [0.25, 0.3) is 0 Å². The van der Waals surface area contributed by atoms with Crippen molar-refractivity contribution in [1.29, 1.82) is 0 Å². The van der Waals surface area contributed by atoms with E-state index in [0.717, 1.165) is 21.5 Å². The maximum Gasteiger partial charge on any atom is 0.254 e. The zero-order valence-corrected chi connectivity index (χ0v) is 17.3. The molecule has 2 heterocycles. The largest absolute Gasteiger partial charge is 0.493 e. The van der Waals surface area contributed by atoms with Gasteiger partial charge in [0.25, 0.3) is 5.91 Å². The molecule has 3 rings (SSSR count). The number of rotatable bonds is 6. The fourth-order valence-corrected chi connectivity index (χ4v) is 4.47. The third-order valence-electron chi connectivity index (χ3n) is 4.52. The van der Waals surface area contributed by atoms with Gasteiger partial charge in [0.15, 0.2) is 11.5 Å². The van der Waals surface area contributed by atoms with Gasteiger partial charge in [-0.3, -0.25) is 9.59 Å². The van der Waals surface area contributed by atoms with E-state index in [1.165, 1.54) is 0 Å². The molecule has 1 atom stereocenters. The van der Waals surface area contributed by atoms with Crippen LogP contribution < -0.4 is 15.2 Å². The van der Waals surface area contributed by atoms with Crippen LogP contribution in [0.4, 0.5) is 0 Å². The smallest absolute Gasteiger partial charge is 0.254 e. The first kappa shape index (κ1) is 19.7. The number of hydrogen-bond donors (Lipinski definition) is 1. The second-order valence-corrected chi connectivity index (χ2v) is 8.90. The van der Waals surface area contributed by atoms with E-state index in [1.54, 1.807) is 41.5 Å². The molecule has 1 saturated heterocycles. The highest BCUT2D eigenvalue weighted by atomic mass is 79.9. The fourth-order valence-electron chi connectivity index (χ4n) is 3.07. The number of ether oxygens (including phenoxy) is 2. The van der Waals surface area contributed by atoms with Gasteiger partial charge in [0.1, 0.15) is 6.61 Å². The monoisotopic (exact) mass is 452 g/mol. The minimum Gasteiger partial charge on any atom is -0.493 e. The topological polar surface area (TPSA) is 81.9 Å². The van der Waals surface area contributed by atoms with Gasteiger partial charge < -0.3 is 20.1 Å². The van der Waals surface area contributed by atoms with E-state index in [1.807, 2.05) is 12.1 Å². The molecule has 1 fully saturated rings. The van der Waals surface area contributed by atoms with Crippen molar-refractivity contribution in [2.45, 2.75) is 19.4 Å². The first-order valence-electron chi connectivity index (χ1n) is 8.61. The Morgan fingerprint density at radius 3 is 2.78 bits per heavy atom. The Bertz CT molecular complexity index is 839. The van der Waals surface area contributed by atoms with Gasteiger partial charge in [0.2, 0.25) is 5.91 Å². The first-order chi connectivity index (χ1) is 13.0. The van der Waals surface area contributed by atoms with Crippen molar-refractivity contribution in [1.82, 2.24) is 4.90 Å². The summed E-state index contributed by atoms with van der Waals surface area (Å²) in [6.07, 6.45) is 1.50. The lowest BCUT2D eigenvalue weighted by Gasteiger charge is -2.31. The lowest BCUT2D eigenvalue weighted by molar-refractivity contribution is -0.123. The van der Waals surface area contributed by atoms with Gasteiger partial charge in [-0.15, -0.1) is 11.3 Å². The molecule has 1 aromatic heterocycles. The number of thiophene rings is 1. The summed E-state index contributed by atoms with van der Waals surface area (Å²) in [6, 6.07) is 9.10. The van der Waals surface area contributed by atoms with Crippen LogP contribution in [0.5, 0.6) is 11.5 Å². The van der Waals surface area contributed by atoms with Gasteiger partial charge in [0, 0.05) is 23.5 Å². The van der Waals surface area contributed by atoms with Gasteiger partial charge in [-0.1, -0.05) is 0 Å². The third kappa shape index (κ3) is 4.81. The quantitative estimate of drug-likeness (QED) is 0.727. The van der Waals surface area contributed by atoms with Crippen LogP contribution in [0.3, 0.4) is 0 Å². The van der Waals surface area contributed by atoms with Crippen molar-refractivity contribution < 1.29 is 19.1 Å². The molecule has 2 amide bonds. The van der Waals surface area contributed by atoms with Gasteiger partial charge in [-0.25, -0.2) is 0 Å². The number of hydrogen-bond acceptors (Lipinski definition) is 5. The van der Waals surface area contributed by atoms with Crippen molar-refractivity contribution >= 4 is 39.1 Å². The van der Waals surface area contributed by atoms with Crippen molar-refractivity contribution in [3.05, 3.63) is 44.6 Å². The van der Waals surface area contributed by atoms with E-state index in [2.05, 4.69) is 15.9 Å². The number of benzene rings is 1. The zero-order chi connectivity index (χ0) is 19.4. The highest BCUT2D eigenvalue weighted by Gasteiger charge is 2.28. The zero-order valence-electron chi connectivity index (χ0n) is 14.9. The molecule has 27 heavy (non-hydrogen) atoms. The number of halogens is 1. The second kappa shape index (κ2) is 8.75. The summed E-state index contributed by atoms with van der Waals surface area (Å²) in [5.41, 5.74) is 5.90. The Balaban J connectivity index is 1.71. The number of carbonyl (C=O) groups is 2. The lowest BCUT2D eigenvalue weighted by Crippen LogP contribution is -2.44. The minimum atomic E-state index is -0.353. The number of likely N-dealkylation sites (tertiary alicyclic amines) is 1. The summed E-state index contributed by atoms with van der Waals surface area (Å²) >= 11 is 5.03. The summed E-state index contributed by atoms with van der Waals surface area (Å²) in [5.74, 6) is 0.312. The molecule has 1 unspecified atom stereocenters. The molecule has 8 heteroatoms. The van der Waals surface area contributed by atoms with E-state index < -0.39 is 0 Å². The van der Waals surface area contributed by atoms with Crippen molar-refractivity contribution in [2.75, 3.05) is 20.2 Å². The van der Waals surface area contributed by atoms with E-state index in [0.29, 0.717) is 36.8 Å². The molecule has 0 radical (unpaired) electrons. The second-order valence-electron chi connectivity index (χ2n) is 6.35. The molecule has 0 saturated carbocycles. The fraction of sp³-hybridized carbons (Fsp3) is 0.368. The van der Waals surface area contributed by atoms with Crippen LogP contribution in [-0.2, 0) is 11.4 Å². The van der Waals surface area contributed by atoms with Crippen LogP contribution in [0.1, 0.15) is 28.1 Å². The number of methoxy groups -OCH3 is 1. The molecule has 6 nitrogen and oxygen atoms in total. The van der Waals surface area contributed by atoms with Crippen molar-refractivity contribution in [3.8, 4) is 11.5 Å². The Morgan fingerprint density at radius 2 is 2.11 bits per heavy atom. The number of nitrogens with two attached hydrogens (primary N) is 1. The SMILES string of the molecule is COc1cc(C(=O)N2CCCC(C(N)=O)C2)ccc1OCc1ccc(Br)s1. The molecule has 1 aliphatic heterocycles.